The Bertz CT molecular complexity index is 982. The van der Waals surface area contributed by atoms with Crippen molar-refractivity contribution in [3.63, 3.8) is 0 Å². The molecule has 140 valence electrons. The third-order valence-electron chi connectivity index (χ3n) is 5.86. The van der Waals surface area contributed by atoms with Crippen molar-refractivity contribution in [1.82, 2.24) is 0 Å². The Morgan fingerprint density at radius 1 is 0.893 bits per heavy atom. The van der Waals surface area contributed by atoms with E-state index in [0.717, 1.165) is 10.9 Å². The Morgan fingerprint density at radius 2 is 1.46 bits per heavy atom. The zero-order valence-electron chi connectivity index (χ0n) is 14.7. The van der Waals surface area contributed by atoms with E-state index in [4.69, 9.17) is 4.74 Å². The zero-order valence-corrected chi connectivity index (χ0v) is 16.3. The number of anilines is 1. The van der Waals surface area contributed by atoms with Crippen molar-refractivity contribution in [3.8, 4) is 5.75 Å². The summed E-state index contributed by atoms with van der Waals surface area (Å²) in [7, 11) is 0. The van der Waals surface area contributed by atoms with Crippen LogP contribution in [0, 0.1) is 23.7 Å². The van der Waals surface area contributed by atoms with Crippen molar-refractivity contribution in [3.05, 3.63) is 70.7 Å². The van der Waals surface area contributed by atoms with E-state index >= 15 is 0 Å². The molecule has 1 saturated carbocycles. The standard InChI is InChI=1S/C22H16BrNO4/c23-15-5-9-17(10-6-15)28-22(27)12-3-7-16(8-4-12)24-20(25)18-13-1-2-14(11-13)19(18)21(24)26/h1-10,13-14,18-19H,11H2/t13-,14+,18-,19+. The lowest BCUT2D eigenvalue weighted by Gasteiger charge is -2.17. The molecule has 2 fully saturated rings. The lowest BCUT2D eigenvalue weighted by atomic mass is 9.85. The minimum atomic E-state index is -0.493. The first-order valence-electron chi connectivity index (χ1n) is 9.17. The first kappa shape index (κ1) is 17.4. The molecule has 28 heavy (non-hydrogen) atoms. The number of hydrogen-bond acceptors (Lipinski definition) is 4. The molecule has 2 bridgehead atoms. The summed E-state index contributed by atoms with van der Waals surface area (Å²) in [6.07, 6.45) is 5.05. The topological polar surface area (TPSA) is 63.7 Å². The van der Waals surface area contributed by atoms with Crippen molar-refractivity contribution < 1.29 is 19.1 Å². The molecule has 0 aromatic heterocycles. The zero-order chi connectivity index (χ0) is 19.4. The maximum atomic E-state index is 12.9. The molecule has 0 spiro atoms. The number of esters is 1. The summed E-state index contributed by atoms with van der Waals surface area (Å²) < 4.78 is 6.24. The number of ether oxygens (including phenoxy) is 1. The molecule has 2 amide bonds. The SMILES string of the molecule is O=C(Oc1ccc(Br)cc1)c1ccc(N2C(=O)[C@@H]3[C@H](C2=O)[C@@H]2C=C[C@H]3C2)cc1. The normalized spacial score (nSPS) is 27.4. The van der Waals surface area contributed by atoms with E-state index in [0.29, 0.717) is 17.0 Å². The fourth-order valence-corrected chi connectivity index (χ4v) is 4.84. The molecule has 1 heterocycles. The number of amides is 2. The van der Waals surface area contributed by atoms with Crippen LogP contribution in [0.25, 0.3) is 0 Å². The van der Waals surface area contributed by atoms with Gasteiger partial charge in [-0.15, -0.1) is 0 Å². The molecule has 2 aromatic carbocycles. The number of carbonyl (C=O) groups is 3. The monoisotopic (exact) mass is 437 g/mol. The van der Waals surface area contributed by atoms with E-state index in [2.05, 4.69) is 28.1 Å². The van der Waals surface area contributed by atoms with Crippen LogP contribution in [0.2, 0.25) is 0 Å². The van der Waals surface area contributed by atoms with Gasteiger partial charge < -0.3 is 4.74 Å². The highest BCUT2D eigenvalue weighted by molar-refractivity contribution is 9.10. The van der Waals surface area contributed by atoms with Gasteiger partial charge in [0.1, 0.15) is 5.75 Å². The number of rotatable bonds is 3. The van der Waals surface area contributed by atoms with Gasteiger partial charge in [-0.05, 0) is 66.8 Å². The Hall–Kier alpha value is -2.73. The van der Waals surface area contributed by atoms with Crippen LogP contribution in [-0.4, -0.2) is 17.8 Å². The summed E-state index contributed by atoms with van der Waals surface area (Å²) >= 11 is 3.33. The van der Waals surface area contributed by atoms with Crippen LogP contribution in [0.1, 0.15) is 16.8 Å². The molecule has 6 heteroatoms. The van der Waals surface area contributed by atoms with E-state index in [-0.39, 0.29) is 35.5 Å². The minimum absolute atomic E-state index is 0.128. The third-order valence-corrected chi connectivity index (χ3v) is 6.38. The minimum Gasteiger partial charge on any atom is -0.423 e. The molecule has 0 radical (unpaired) electrons. The number of nitrogens with zero attached hydrogens (tertiary/aromatic N) is 1. The lowest BCUT2D eigenvalue weighted by Crippen LogP contribution is -2.32. The van der Waals surface area contributed by atoms with Crippen LogP contribution in [0.15, 0.2) is 65.2 Å². The fourth-order valence-electron chi connectivity index (χ4n) is 4.57. The van der Waals surface area contributed by atoms with E-state index in [9.17, 15) is 14.4 Å². The second-order valence-electron chi connectivity index (χ2n) is 7.40. The van der Waals surface area contributed by atoms with Gasteiger partial charge in [0, 0.05) is 4.47 Å². The number of fused-ring (bicyclic) bond motifs is 5. The van der Waals surface area contributed by atoms with Crippen LogP contribution >= 0.6 is 15.9 Å². The average Bonchev–Trinajstić information content (AvgIpc) is 3.38. The number of imide groups is 1. The van der Waals surface area contributed by atoms with E-state index in [1.54, 1.807) is 48.5 Å². The highest BCUT2D eigenvalue weighted by Crippen LogP contribution is 2.53. The van der Waals surface area contributed by atoms with Gasteiger partial charge >= 0.3 is 5.97 Å². The van der Waals surface area contributed by atoms with Gasteiger partial charge in [-0.25, -0.2) is 4.79 Å². The maximum absolute atomic E-state index is 12.9. The van der Waals surface area contributed by atoms with Crippen LogP contribution in [-0.2, 0) is 9.59 Å². The smallest absolute Gasteiger partial charge is 0.343 e. The summed E-state index contributed by atoms with van der Waals surface area (Å²) in [5.41, 5.74) is 0.858. The van der Waals surface area contributed by atoms with E-state index in [1.807, 2.05) is 0 Å². The van der Waals surface area contributed by atoms with E-state index in [1.165, 1.54) is 4.90 Å². The van der Waals surface area contributed by atoms with Gasteiger partial charge in [0.25, 0.3) is 0 Å². The van der Waals surface area contributed by atoms with Crippen LogP contribution in [0.4, 0.5) is 5.69 Å². The Balaban J connectivity index is 1.34. The Labute approximate surface area is 170 Å². The lowest BCUT2D eigenvalue weighted by molar-refractivity contribution is -0.123. The summed E-state index contributed by atoms with van der Waals surface area (Å²) in [5.74, 6) is -0.415. The Morgan fingerprint density at radius 3 is 2.04 bits per heavy atom. The highest BCUT2D eigenvalue weighted by Gasteiger charge is 2.59. The predicted octanol–water partition coefficient (Wildman–Crippen LogP) is 3.98. The van der Waals surface area contributed by atoms with Gasteiger partial charge in [0.2, 0.25) is 11.8 Å². The molecule has 5 nitrogen and oxygen atoms in total. The van der Waals surface area contributed by atoms with Gasteiger partial charge in [0.15, 0.2) is 0 Å². The molecule has 0 unspecified atom stereocenters. The first-order chi connectivity index (χ1) is 13.5. The second kappa shape index (κ2) is 6.41. The number of allylic oxidation sites excluding steroid dienone is 2. The Kier molecular flexibility index (Phi) is 3.98. The second-order valence-corrected chi connectivity index (χ2v) is 8.32. The van der Waals surface area contributed by atoms with Gasteiger partial charge in [-0.1, -0.05) is 28.1 Å². The summed E-state index contributed by atoms with van der Waals surface area (Å²) in [5, 5.41) is 0. The van der Waals surface area contributed by atoms with Crippen LogP contribution in [0.3, 0.4) is 0 Å². The maximum Gasteiger partial charge on any atom is 0.343 e. The molecule has 1 aliphatic heterocycles. The molecule has 5 rings (SSSR count). The highest BCUT2D eigenvalue weighted by atomic mass is 79.9. The van der Waals surface area contributed by atoms with Crippen molar-refractivity contribution in [2.45, 2.75) is 6.42 Å². The van der Waals surface area contributed by atoms with Crippen molar-refractivity contribution >= 4 is 39.4 Å². The first-order valence-corrected chi connectivity index (χ1v) is 9.96. The van der Waals surface area contributed by atoms with Crippen LogP contribution < -0.4 is 9.64 Å². The molecule has 4 atom stereocenters. The van der Waals surface area contributed by atoms with Crippen LogP contribution in [0.5, 0.6) is 5.75 Å². The van der Waals surface area contributed by atoms with Crippen molar-refractivity contribution in [2.75, 3.05) is 4.90 Å². The molecule has 2 aliphatic carbocycles. The van der Waals surface area contributed by atoms with Gasteiger partial charge in [-0.3, -0.25) is 14.5 Å². The predicted molar refractivity (Wildman–Crippen MR) is 106 cm³/mol. The summed E-state index contributed by atoms with van der Waals surface area (Å²) in [4.78, 5) is 39.3. The quantitative estimate of drug-likeness (QED) is 0.315. The molecule has 0 N–H and O–H groups in total. The fraction of sp³-hybridized carbons (Fsp3) is 0.227. The molecule has 3 aliphatic rings. The molecular weight excluding hydrogens is 422 g/mol. The third kappa shape index (κ3) is 2.63. The van der Waals surface area contributed by atoms with Gasteiger partial charge in [0.05, 0.1) is 23.1 Å². The molecule has 1 saturated heterocycles. The average molecular weight is 438 g/mol. The number of halogens is 1. The molecule has 2 aromatic rings. The number of carbonyl (C=O) groups excluding carboxylic acids is 3. The molecular formula is C22H16BrNO4. The largest absolute Gasteiger partial charge is 0.423 e. The number of hydrogen-bond donors (Lipinski definition) is 0. The van der Waals surface area contributed by atoms with Gasteiger partial charge in [-0.2, -0.15) is 0 Å². The summed E-state index contributed by atoms with van der Waals surface area (Å²) in [6, 6.07) is 13.4. The number of benzene rings is 2. The van der Waals surface area contributed by atoms with E-state index < -0.39 is 5.97 Å². The van der Waals surface area contributed by atoms with Crippen molar-refractivity contribution in [1.29, 1.82) is 0 Å². The summed E-state index contributed by atoms with van der Waals surface area (Å²) in [6.45, 7) is 0. The van der Waals surface area contributed by atoms with Crippen molar-refractivity contribution in [2.24, 2.45) is 23.7 Å².